The molecular formula is C17H26N2O4S. The van der Waals surface area contributed by atoms with Crippen LogP contribution in [0.3, 0.4) is 0 Å². The first kappa shape index (κ1) is 18.7. The van der Waals surface area contributed by atoms with E-state index in [4.69, 9.17) is 4.74 Å². The van der Waals surface area contributed by atoms with Crippen LogP contribution in [0.5, 0.6) is 0 Å². The minimum Gasteiger partial charge on any atom is -0.381 e. The monoisotopic (exact) mass is 354 g/mol. The number of benzene rings is 1. The molecule has 1 aromatic carbocycles. The number of nitrogens with one attached hydrogen (secondary N) is 1. The summed E-state index contributed by atoms with van der Waals surface area (Å²) in [6.45, 7) is 6.65. The second-order valence-electron chi connectivity index (χ2n) is 7.15. The van der Waals surface area contributed by atoms with Crippen LogP contribution in [0.1, 0.15) is 33.6 Å². The quantitative estimate of drug-likeness (QED) is 0.902. The maximum absolute atomic E-state index is 12.2. The van der Waals surface area contributed by atoms with Gasteiger partial charge in [0, 0.05) is 30.4 Å². The van der Waals surface area contributed by atoms with Crippen molar-refractivity contribution in [1.29, 1.82) is 0 Å². The average molecular weight is 354 g/mol. The summed E-state index contributed by atoms with van der Waals surface area (Å²) in [7, 11) is -3.39. The number of sulfonamides is 1. The van der Waals surface area contributed by atoms with E-state index in [1.165, 1.54) is 10.6 Å². The summed E-state index contributed by atoms with van der Waals surface area (Å²) in [5.41, 5.74) is 0.775. The van der Waals surface area contributed by atoms with Gasteiger partial charge in [-0.05, 0) is 37.1 Å². The molecule has 1 aliphatic rings. The number of carbonyl (C=O) groups excluding carboxylic acids is 1. The Morgan fingerprint density at radius 1 is 1.17 bits per heavy atom. The fraction of sp³-hybridized carbons (Fsp3) is 0.588. The number of rotatable bonds is 4. The molecule has 1 fully saturated rings. The molecule has 1 aliphatic heterocycles. The van der Waals surface area contributed by atoms with Crippen LogP contribution >= 0.6 is 0 Å². The highest BCUT2D eigenvalue weighted by atomic mass is 32.2. The van der Waals surface area contributed by atoms with Gasteiger partial charge in [-0.2, -0.15) is 0 Å². The third-order valence-electron chi connectivity index (χ3n) is 3.94. The van der Waals surface area contributed by atoms with Gasteiger partial charge in [-0.3, -0.25) is 9.10 Å². The van der Waals surface area contributed by atoms with Crippen LogP contribution in [0, 0.1) is 5.41 Å². The lowest BCUT2D eigenvalue weighted by Crippen LogP contribution is -2.43. The Balaban J connectivity index is 2.21. The van der Waals surface area contributed by atoms with E-state index in [0.717, 1.165) is 0 Å². The van der Waals surface area contributed by atoms with Gasteiger partial charge in [0.05, 0.1) is 11.9 Å². The molecule has 1 heterocycles. The largest absolute Gasteiger partial charge is 0.381 e. The van der Waals surface area contributed by atoms with Gasteiger partial charge in [0.2, 0.25) is 15.9 Å². The maximum Gasteiger partial charge on any atom is 0.232 e. The maximum atomic E-state index is 12.2. The molecule has 0 saturated carbocycles. The highest BCUT2D eigenvalue weighted by molar-refractivity contribution is 7.92. The highest BCUT2D eigenvalue weighted by Gasteiger charge is 2.29. The molecule has 0 unspecified atom stereocenters. The van der Waals surface area contributed by atoms with Gasteiger partial charge in [0.1, 0.15) is 0 Å². The van der Waals surface area contributed by atoms with Gasteiger partial charge in [-0.25, -0.2) is 8.42 Å². The number of hydrogen-bond acceptors (Lipinski definition) is 4. The van der Waals surface area contributed by atoms with Crippen molar-refractivity contribution in [2.24, 2.45) is 5.41 Å². The summed E-state index contributed by atoms with van der Waals surface area (Å²) < 4.78 is 31.3. The van der Waals surface area contributed by atoms with Crippen LogP contribution in [0.15, 0.2) is 24.3 Å². The van der Waals surface area contributed by atoms with Gasteiger partial charge in [0.15, 0.2) is 0 Å². The Kier molecular flexibility index (Phi) is 5.55. The molecule has 0 aliphatic carbocycles. The number of anilines is 2. The Bertz CT molecular complexity index is 672. The molecule has 2 rings (SSSR count). The van der Waals surface area contributed by atoms with Crippen LogP contribution in [-0.4, -0.2) is 39.8 Å². The van der Waals surface area contributed by atoms with Gasteiger partial charge >= 0.3 is 0 Å². The van der Waals surface area contributed by atoms with Gasteiger partial charge in [-0.15, -0.1) is 0 Å². The minimum atomic E-state index is -3.39. The number of amides is 1. The van der Waals surface area contributed by atoms with Gasteiger partial charge in [-0.1, -0.05) is 20.8 Å². The van der Waals surface area contributed by atoms with Crippen LogP contribution < -0.4 is 9.62 Å². The normalized spacial score (nSPS) is 16.7. The Morgan fingerprint density at radius 2 is 1.71 bits per heavy atom. The van der Waals surface area contributed by atoms with Crippen LogP contribution in [0.4, 0.5) is 11.4 Å². The first-order valence-electron chi connectivity index (χ1n) is 8.08. The summed E-state index contributed by atoms with van der Waals surface area (Å²) in [6, 6.07) is 6.83. The first-order chi connectivity index (χ1) is 11.1. The number of nitrogens with zero attached hydrogens (tertiary/aromatic N) is 1. The summed E-state index contributed by atoms with van der Waals surface area (Å²) >= 11 is 0. The van der Waals surface area contributed by atoms with Crippen molar-refractivity contribution < 1.29 is 17.9 Å². The van der Waals surface area contributed by atoms with Crippen LogP contribution in [-0.2, 0) is 19.6 Å². The summed E-state index contributed by atoms with van der Waals surface area (Å²) in [5.74, 6) is -0.0837. The van der Waals surface area contributed by atoms with Crippen molar-refractivity contribution in [3.8, 4) is 0 Å². The zero-order chi connectivity index (χ0) is 18.0. The smallest absolute Gasteiger partial charge is 0.232 e. The van der Waals surface area contributed by atoms with Crippen LogP contribution in [0.25, 0.3) is 0 Å². The Hall–Kier alpha value is -1.60. The summed E-state index contributed by atoms with van der Waals surface area (Å²) in [5, 5.41) is 2.84. The van der Waals surface area contributed by atoms with E-state index >= 15 is 0 Å². The zero-order valence-electron chi connectivity index (χ0n) is 14.7. The van der Waals surface area contributed by atoms with Crippen molar-refractivity contribution in [2.75, 3.05) is 29.1 Å². The van der Waals surface area contributed by atoms with E-state index in [1.54, 1.807) is 24.3 Å². The Morgan fingerprint density at radius 3 is 2.17 bits per heavy atom. The van der Waals surface area contributed by atoms with Crippen molar-refractivity contribution in [3.05, 3.63) is 24.3 Å². The van der Waals surface area contributed by atoms with E-state index in [9.17, 15) is 13.2 Å². The second kappa shape index (κ2) is 7.11. The van der Waals surface area contributed by atoms with E-state index < -0.39 is 15.4 Å². The van der Waals surface area contributed by atoms with Gasteiger partial charge < -0.3 is 10.1 Å². The zero-order valence-corrected chi connectivity index (χ0v) is 15.5. The topological polar surface area (TPSA) is 75.7 Å². The molecule has 24 heavy (non-hydrogen) atoms. The molecule has 1 N–H and O–H groups in total. The molecule has 7 heteroatoms. The van der Waals surface area contributed by atoms with E-state index in [-0.39, 0.29) is 11.9 Å². The summed E-state index contributed by atoms with van der Waals surface area (Å²) in [6.07, 6.45) is 2.57. The van der Waals surface area contributed by atoms with Crippen molar-refractivity contribution in [3.63, 3.8) is 0 Å². The molecule has 0 bridgehead atoms. The predicted molar refractivity (Wildman–Crippen MR) is 95.7 cm³/mol. The third kappa shape index (κ3) is 4.70. The highest BCUT2D eigenvalue weighted by Crippen LogP contribution is 2.27. The second-order valence-corrected chi connectivity index (χ2v) is 9.01. The minimum absolute atomic E-state index is 0.0837. The first-order valence-corrected chi connectivity index (χ1v) is 9.92. The standard InChI is InChI=1S/C17H26N2O4S/c1-17(2,3)16(20)18-13-5-7-14(8-6-13)19(24(4,21)22)15-9-11-23-12-10-15/h5-8,15H,9-12H2,1-4H3,(H,18,20). The third-order valence-corrected chi connectivity index (χ3v) is 5.16. The molecule has 0 aromatic heterocycles. The SMILES string of the molecule is CC(C)(C)C(=O)Nc1ccc(N(C2CCOCC2)S(C)(=O)=O)cc1. The molecule has 1 saturated heterocycles. The number of hydrogen-bond donors (Lipinski definition) is 1. The molecule has 1 aromatic rings. The molecule has 0 radical (unpaired) electrons. The molecule has 0 spiro atoms. The van der Waals surface area contributed by atoms with Crippen molar-refractivity contribution in [1.82, 2.24) is 0 Å². The molecule has 0 atom stereocenters. The lowest BCUT2D eigenvalue weighted by molar-refractivity contribution is -0.123. The number of ether oxygens (including phenoxy) is 1. The van der Waals surface area contributed by atoms with E-state index in [1.807, 2.05) is 20.8 Å². The van der Waals surface area contributed by atoms with E-state index in [2.05, 4.69) is 5.32 Å². The molecule has 1 amide bonds. The van der Waals surface area contributed by atoms with Crippen molar-refractivity contribution >= 4 is 27.3 Å². The Labute approximate surface area is 144 Å². The average Bonchev–Trinajstić information content (AvgIpc) is 2.48. The van der Waals surface area contributed by atoms with Crippen molar-refractivity contribution in [2.45, 2.75) is 39.7 Å². The number of carbonyl (C=O) groups is 1. The lowest BCUT2D eigenvalue weighted by atomic mass is 9.95. The van der Waals surface area contributed by atoms with Gasteiger partial charge in [0.25, 0.3) is 0 Å². The molecule has 134 valence electrons. The molecular weight excluding hydrogens is 328 g/mol. The fourth-order valence-corrected chi connectivity index (χ4v) is 3.86. The molecule has 6 nitrogen and oxygen atoms in total. The van der Waals surface area contributed by atoms with E-state index in [0.29, 0.717) is 37.4 Å². The fourth-order valence-electron chi connectivity index (χ4n) is 2.60. The lowest BCUT2D eigenvalue weighted by Gasteiger charge is -2.34. The van der Waals surface area contributed by atoms with Crippen LogP contribution in [0.2, 0.25) is 0 Å². The predicted octanol–water partition coefficient (Wildman–Crippen LogP) is 2.62. The summed E-state index contributed by atoms with van der Waals surface area (Å²) in [4.78, 5) is 12.0.